The Morgan fingerprint density at radius 2 is 2.18 bits per heavy atom. The van der Waals surface area contributed by atoms with Gasteiger partial charge >= 0.3 is 5.97 Å². The second-order valence-electron chi connectivity index (χ2n) is 5.00. The summed E-state index contributed by atoms with van der Waals surface area (Å²) in [7, 11) is 1.42. The van der Waals surface area contributed by atoms with Crippen molar-refractivity contribution in [1.82, 2.24) is 5.32 Å². The highest BCUT2D eigenvalue weighted by atomic mass is 16.5. The third-order valence-electron chi connectivity index (χ3n) is 4.12. The molecule has 0 spiro atoms. The van der Waals surface area contributed by atoms with E-state index in [1.165, 1.54) is 7.11 Å². The largest absolute Gasteiger partial charge is 0.468 e. The van der Waals surface area contributed by atoms with Gasteiger partial charge in [0, 0.05) is 18.1 Å². The first-order chi connectivity index (χ1) is 7.99. The van der Waals surface area contributed by atoms with Crippen LogP contribution in [0.15, 0.2) is 0 Å². The van der Waals surface area contributed by atoms with Crippen LogP contribution in [0.25, 0.3) is 0 Å². The minimum absolute atomic E-state index is 0.123. The second-order valence-corrected chi connectivity index (χ2v) is 5.00. The molecule has 1 fully saturated rings. The van der Waals surface area contributed by atoms with Gasteiger partial charge in [-0.05, 0) is 26.7 Å². The fourth-order valence-electron chi connectivity index (χ4n) is 2.56. The highest BCUT2D eigenvalue weighted by Gasteiger charge is 2.51. The fraction of sp³-hybridized carbons (Fsp3) is 0.923. The first-order valence-electron chi connectivity index (χ1n) is 6.45. The van der Waals surface area contributed by atoms with Crippen LogP contribution in [-0.4, -0.2) is 37.9 Å². The summed E-state index contributed by atoms with van der Waals surface area (Å²) in [4.78, 5) is 11.4. The molecule has 0 saturated heterocycles. The Bertz CT molecular complexity index is 269. The molecule has 4 nitrogen and oxygen atoms in total. The van der Waals surface area contributed by atoms with E-state index in [-0.39, 0.29) is 17.4 Å². The zero-order chi connectivity index (χ0) is 13.1. The van der Waals surface area contributed by atoms with Crippen molar-refractivity contribution in [2.75, 3.05) is 13.7 Å². The fourth-order valence-corrected chi connectivity index (χ4v) is 2.56. The summed E-state index contributed by atoms with van der Waals surface area (Å²) in [6.45, 7) is 9.00. The van der Waals surface area contributed by atoms with Crippen molar-refractivity contribution in [3.8, 4) is 0 Å². The number of hydrogen-bond donors (Lipinski definition) is 1. The number of nitrogens with one attached hydrogen (secondary N) is 1. The third kappa shape index (κ3) is 2.80. The molecule has 0 aromatic rings. The number of methoxy groups -OCH3 is 1. The van der Waals surface area contributed by atoms with Crippen molar-refractivity contribution >= 4 is 5.97 Å². The molecule has 0 heterocycles. The quantitative estimate of drug-likeness (QED) is 0.722. The van der Waals surface area contributed by atoms with Crippen LogP contribution in [0.4, 0.5) is 0 Å². The first kappa shape index (κ1) is 14.5. The molecule has 0 aliphatic heterocycles. The SMILES string of the molecule is CCOC1CC(N[C@@H](C)C(=O)OC)C1(C)CC. The Labute approximate surface area is 104 Å². The molecule has 17 heavy (non-hydrogen) atoms. The Morgan fingerprint density at radius 3 is 2.65 bits per heavy atom. The maximum Gasteiger partial charge on any atom is 0.322 e. The molecule has 0 radical (unpaired) electrons. The number of hydrogen-bond acceptors (Lipinski definition) is 4. The molecule has 0 aromatic carbocycles. The first-order valence-corrected chi connectivity index (χ1v) is 6.45. The van der Waals surface area contributed by atoms with Crippen molar-refractivity contribution in [2.45, 2.75) is 58.7 Å². The Hall–Kier alpha value is -0.610. The zero-order valence-corrected chi connectivity index (χ0v) is 11.6. The van der Waals surface area contributed by atoms with E-state index >= 15 is 0 Å². The van der Waals surface area contributed by atoms with E-state index in [9.17, 15) is 4.79 Å². The van der Waals surface area contributed by atoms with E-state index in [2.05, 4.69) is 19.2 Å². The maximum absolute atomic E-state index is 11.4. The van der Waals surface area contributed by atoms with Gasteiger partial charge in [0.05, 0.1) is 13.2 Å². The lowest BCUT2D eigenvalue weighted by molar-refractivity contribution is -0.149. The topological polar surface area (TPSA) is 47.6 Å². The molecule has 0 amide bonds. The van der Waals surface area contributed by atoms with Gasteiger partial charge in [-0.15, -0.1) is 0 Å². The van der Waals surface area contributed by atoms with Crippen LogP contribution in [0.2, 0.25) is 0 Å². The molecular formula is C13H25NO3. The van der Waals surface area contributed by atoms with E-state index in [0.717, 1.165) is 19.4 Å². The number of esters is 1. The van der Waals surface area contributed by atoms with Crippen molar-refractivity contribution in [1.29, 1.82) is 0 Å². The summed E-state index contributed by atoms with van der Waals surface area (Å²) in [5.41, 5.74) is 0.123. The van der Waals surface area contributed by atoms with Gasteiger partial charge < -0.3 is 14.8 Å². The highest BCUT2D eigenvalue weighted by molar-refractivity contribution is 5.75. The average Bonchev–Trinajstić information content (AvgIpc) is 2.35. The van der Waals surface area contributed by atoms with Crippen molar-refractivity contribution in [3.05, 3.63) is 0 Å². The molecule has 1 N–H and O–H groups in total. The van der Waals surface area contributed by atoms with Gasteiger partial charge in [0.25, 0.3) is 0 Å². The predicted octanol–water partition coefficient (Wildman–Crippen LogP) is 1.73. The van der Waals surface area contributed by atoms with E-state index in [1.54, 1.807) is 0 Å². The molecular weight excluding hydrogens is 218 g/mol. The van der Waals surface area contributed by atoms with E-state index in [4.69, 9.17) is 9.47 Å². The molecule has 4 heteroatoms. The molecule has 1 aliphatic carbocycles. The van der Waals surface area contributed by atoms with Gasteiger partial charge in [0.15, 0.2) is 0 Å². The summed E-state index contributed by atoms with van der Waals surface area (Å²) in [5.74, 6) is -0.205. The summed E-state index contributed by atoms with van der Waals surface area (Å²) in [5, 5.41) is 3.34. The normalized spacial score (nSPS) is 33.9. The van der Waals surface area contributed by atoms with Gasteiger partial charge in [0.1, 0.15) is 6.04 Å². The Morgan fingerprint density at radius 1 is 1.53 bits per heavy atom. The van der Waals surface area contributed by atoms with Crippen molar-refractivity contribution < 1.29 is 14.3 Å². The van der Waals surface area contributed by atoms with Crippen molar-refractivity contribution in [3.63, 3.8) is 0 Å². The monoisotopic (exact) mass is 243 g/mol. The van der Waals surface area contributed by atoms with Gasteiger partial charge in [-0.2, -0.15) is 0 Å². The number of carbonyl (C=O) groups is 1. The zero-order valence-electron chi connectivity index (χ0n) is 11.6. The van der Waals surface area contributed by atoms with Gasteiger partial charge in [0.2, 0.25) is 0 Å². The molecule has 1 rings (SSSR count). The number of carbonyl (C=O) groups excluding carboxylic acids is 1. The Balaban J connectivity index is 2.54. The lowest BCUT2D eigenvalue weighted by Crippen LogP contribution is -2.64. The smallest absolute Gasteiger partial charge is 0.322 e. The average molecular weight is 243 g/mol. The van der Waals surface area contributed by atoms with Gasteiger partial charge in [-0.3, -0.25) is 4.79 Å². The second kappa shape index (κ2) is 5.83. The summed E-state index contributed by atoms with van der Waals surface area (Å²) < 4.78 is 10.5. The van der Waals surface area contributed by atoms with Crippen LogP contribution in [0.5, 0.6) is 0 Å². The third-order valence-corrected chi connectivity index (χ3v) is 4.12. The van der Waals surface area contributed by atoms with Crippen LogP contribution < -0.4 is 5.32 Å². The van der Waals surface area contributed by atoms with Gasteiger partial charge in [-0.25, -0.2) is 0 Å². The van der Waals surface area contributed by atoms with Crippen LogP contribution in [0.1, 0.15) is 40.5 Å². The van der Waals surface area contributed by atoms with Gasteiger partial charge in [-0.1, -0.05) is 13.8 Å². The summed E-state index contributed by atoms with van der Waals surface area (Å²) in [6.07, 6.45) is 2.32. The minimum atomic E-state index is -0.251. The molecule has 1 saturated carbocycles. The number of ether oxygens (including phenoxy) is 2. The molecule has 3 unspecified atom stereocenters. The number of rotatable bonds is 6. The van der Waals surface area contributed by atoms with Crippen molar-refractivity contribution in [2.24, 2.45) is 5.41 Å². The standard InChI is InChI=1S/C13H25NO3/c1-6-13(4)10(8-11(13)17-7-2)14-9(3)12(15)16-5/h9-11,14H,6-8H2,1-5H3/t9-,10?,11?,13?/m0/s1. The lowest BCUT2D eigenvalue weighted by Gasteiger charge is -2.54. The highest BCUT2D eigenvalue weighted by Crippen LogP contribution is 2.46. The summed E-state index contributed by atoms with van der Waals surface area (Å²) >= 11 is 0. The van der Waals surface area contributed by atoms with E-state index < -0.39 is 0 Å². The predicted molar refractivity (Wildman–Crippen MR) is 66.8 cm³/mol. The van der Waals surface area contributed by atoms with Crippen LogP contribution in [0.3, 0.4) is 0 Å². The van der Waals surface area contributed by atoms with Crippen LogP contribution in [-0.2, 0) is 14.3 Å². The van der Waals surface area contributed by atoms with E-state index in [1.807, 2.05) is 13.8 Å². The molecule has 0 bridgehead atoms. The van der Waals surface area contributed by atoms with E-state index in [0.29, 0.717) is 12.1 Å². The lowest BCUT2D eigenvalue weighted by atomic mass is 9.61. The molecule has 1 aliphatic rings. The minimum Gasteiger partial charge on any atom is -0.468 e. The Kier molecular flexibility index (Phi) is 4.95. The summed E-state index contributed by atoms with van der Waals surface area (Å²) in [6, 6.07) is 0.0802. The maximum atomic E-state index is 11.4. The molecule has 100 valence electrons. The van der Waals surface area contributed by atoms with Crippen LogP contribution >= 0.6 is 0 Å². The van der Waals surface area contributed by atoms with Crippen LogP contribution in [0, 0.1) is 5.41 Å². The molecule has 0 aromatic heterocycles. The molecule has 4 atom stereocenters.